The largest absolute Gasteiger partial charge is 0.497 e. The summed E-state index contributed by atoms with van der Waals surface area (Å²) < 4.78 is 5.29. The Balaban J connectivity index is 1.94. The smallest absolute Gasteiger partial charge is 0.118 e. The van der Waals surface area contributed by atoms with Gasteiger partial charge in [0.2, 0.25) is 0 Å². The van der Waals surface area contributed by atoms with Crippen molar-refractivity contribution >= 4 is 0 Å². The highest BCUT2D eigenvalue weighted by molar-refractivity contribution is 5.35. The van der Waals surface area contributed by atoms with E-state index in [0.717, 1.165) is 5.75 Å². The first-order valence-corrected chi connectivity index (χ1v) is 7.81. The monoisotopic (exact) mass is 281 g/mol. The molecule has 2 aromatic carbocycles. The maximum absolute atomic E-state index is 5.29. The van der Waals surface area contributed by atoms with Crippen molar-refractivity contribution < 1.29 is 4.74 Å². The zero-order chi connectivity index (χ0) is 14.5. The van der Waals surface area contributed by atoms with Crippen LogP contribution in [0.1, 0.15) is 36.4 Å². The summed E-state index contributed by atoms with van der Waals surface area (Å²) >= 11 is 0. The SMILES string of the molecule is COc1ccc(C(c2ccccc2)N2CCCCC2)cc1. The van der Waals surface area contributed by atoms with E-state index in [0.29, 0.717) is 6.04 Å². The molecule has 1 aliphatic rings. The summed E-state index contributed by atoms with van der Waals surface area (Å²) in [6, 6.07) is 19.7. The summed E-state index contributed by atoms with van der Waals surface area (Å²) in [5, 5.41) is 0. The van der Waals surface area contributed by atoms with E-state index < -0.39 is 0 Å². The van der Waals surface area contributed by atoms with Crippen LogP contribution in [0.15, 0.2) is 54.6 Å². The third-order valence-corrected chi connectivity index (χ3v) is 4.30. The predicted molar refractivity (Wildman–Crippen MR) is 86.7 cm³/mol. The molecule has 1 unspecified atom stereocenters. The van der Waals surface area contributed by atoms with Crippen molar-refractivity contribution in [2.45, 2.75) is 25.3 Å². The zero-order valence-electron chi connectivity index (χ0n) is 12.7. The second-order valence-electron chi connectivity index (χ2n) is 5.68. The van der Waals surface area contributed by atoms with Gasteiger partial charge in [-0.05, 0) is 49.2 Å². The highest BCUT2D eigenvalue weighted by atomic mass is 16.5. The molecule has 2 aromatic rings. The van der Waals surface area contributed by atoms with Crippen molar-refractivity contribution in [1.29, 1.82) is 0 Å². The van der Waals surface area contributed by atoms with Crippen molar-refractivity contribution in [1.82, 2.24) is 4.90 Å². The molecule has 0 aromatic heterocycles. The fraction of sp³-hybridized carbons (Fsp3) is 0.368. The number of rotatable bonds is 4. The minimum absolute atomic E-state index is 0.359. The van der Waals surface area contributed by atoms with Crippen molar-refractivity contribution in [2.75, 3.05) is 20.2 Å². The Kier molecular flexibility index (Phi) is 4.56. The molecule has 1 aliphatic heterocycles. The summed E-state index contributed by atoms with van der Waals surface area (Å²) in [6.07, 6.45) is 3.97. The molecule has 0 spiro atoms. The number of likely N-dealkylation sites (tertiary alicyclic amines) is 1. The molecule has 2 heteroatoms. The molecule has 1 heterocycles. The van der Waals surface area contributed by atoms with Crippen molar-refractivity contribution in [3.8, 4) is 5.75 Å². The Labute approximate surface area is 127 Å². The van der Waals surface area contributed by atoms with Crippen molar-refractivity contribution in [3.63, 3.8) is 0 Å². The molecule has 0 N–H and O–H groups in total. The van der Waals surface area contributed by atoms with Gasteiger partial charge in [0.25, 0.3) is 0 Å². The molecule has 1 saturated heterocycles. The number of nitrogens with zero attached hydrogens (tertiary/aromatic N) is 1. The average molecular weight is 281 g/mol. The Morgan fingerprint density at radius 3 is 2.05 bits per heavy atom. The molecule has 110 valence electrons. The van der Waals surface area contributed by atoms with Gasteiger partial charge in [0, 0.05) is 0 Å². The van der Waals surface area contributed by atoms with Crippen LogP contribution in [0.2, 0.25) is 0 Å². The fourth-order valence-corrected chi connectivity index (χ4v) is 3.21. The van der Waals surface area contributed by atoms with Gasteiger partial charge in [-0.25, -0.2) is 0 Å². The summed E-state index contributed by atoms with van der Waals surface area (Å²) in [4.78, 5) is 2.61. The molecule has 3 rings (SSSR count). The van der Waals surface area contributed by atoms with Crippen LogP contribution in [0.5, 0.6) is 5.75 Å². The highest BCUT2D eigenvalue weighted by Crippen LogP contribution is 2.31. The summed E-state index contributed by atoms with van der Waals surface area (Å²) in [7, 11) is 1.72. The van der Waals surface area contributed by atoms with Gasteiger partial charge in [-0.15, -0.1) is 0 Å². The lowest BCUT2D eigenvalue weighted by Gasteiger charge is -2.35. The van der Waals surface area contributed by atoms with E-state index in [1.165, 1.54) is 43.5 Å². The number of hydrogen-bond donors (Lipinski definition) is 0. The fourth-order valence-electron chi connectivity index (χ4n) is 3.21. The number of piperidine rings is 1. The Bertz CT molecular complexity index is 544. The first-order chi connectivity index (χ1) is 10.4. The van der Waals surface area contributed by atoms with E-state index >= 15 is 0 Å². The molecule has 0 aliphatic carbocycles. The van der Waals surface area contributed by atoms with Crippen LogP contribution in [0.25, 0.3) is 0 Å². The van der Waals surface area contributed by atoms with Gasteiger partial charge in [0.15, 0.2) is 0 Å². The maximum Gasteiger partial charge on any atom is 0.118 e. The van der Waals surface area contributed by atoms with Gasteiger partial charge in [0.1, 0.15) is 5.75 Å². The Hall–Kier alpha value is -1.80. The summed E-state index contributed by atoms with van der Waals surface area (Å²) in [5.74, 6) is 0.921. The molecule has 21 heavy (non-hydrogen) atoms. The minimum Gasteiger partial charge on any atom is -0.497 e. The zero-order valence-corrected chi connectivity index (χ0v) is 12.7. The molecule has 0 bridgehead atoms. The van der Waals surface area contributed by atoms with E-state index in [4.69, 9.17) is 4.74 Å². The van der Waals surface area contributed by atoms with Crippen molar-refractivity contribution in [2.24, 2.45) is 0 Å². The topological polar surface area (TPSA) is 12.5 Å². The summed E-state index contributed by atoms with van der Waals surface area (Å²) in [6.45, 7) is 2.37. The van der Waals surface area contributed by atoms with E-state index in [9.17, 15) is 0 Å². The lowest BCUT2D eigenvalue weighted by molar-refractivity contribution is 0.187. The van der Waals surface area contributed by atoms with Gasteiger partial charge in [-0.1, -0.05) is 48.9 Å². The van der Waals surface area contributed by atoms with E-state index in [-0.39, 0.29) is 0 Å². The van der Waals surface area contributed by atoms with Crippen LogP contribution in [0, 0.1) is 0 Å². The Morgan fingerprint density at radius 2 is 1.43 bits per heavy atom. The van der Waals surface area contributed by atoms with Gasteiger partial charge in [-0.3, -0.25) is 4.90 Å². The third-order valence-electron chi connectivity index (χ3n) is 4.30. The number of benzene rings is 2. The van der Waals surface area contributed by atoms with Gasteiger partial charge >= 0.3 is 0 Å². The van der Waals surface area contributed by atoms with Gasteiger partial charge < -0.3 is 4.74 Å². The van der Waals surface area contributed by atoms with Crippen LogP contribution < -0.4 is 4.74 Å². The second kappa shape index (κ2) is 6.77. The molecule has 1 fully saturated rings. The van der Waals surface area contributed by atoms with Gasteiger partial charge in [0.05, 0.1) is 13.2 Å². The first-order valence-electron chi connectivity index (χ1n) is 7.81. The molecule has 0 amide bonds. The minimum atomic E-state index is 0.359. The molecule has 2 nitrogen and oxygen atoms in total. The van der Waals surface area contributed by atoms with Crippen LogP contribution >= 0.6 is 0 Å². The lowest BCUT2D eigenvalue weighted by Crippen LogP contribution is -2.34. The van der Waals surface area contributed by atoms with E-state index in [1.807, 2.05) is 0 Å². The van der Waals surface area contributed by atoms with Crippen LogP contribution in [-0.2, 0) is 0 Å². The average Bonchev–Trinajstić information content (AvgIpc) is 2.58. The van der Waals surface area contributed by atoms with Crippen LogP contribution in [0.3, 0.4) is 0 Å². The van der Waals surface area contributed by atoms with E-state index in [2.05, 4.69) is 59.5 Å². The molecular formula is C19H23NO. The number of hydrogen-bond acceptors (Lipinski definition) is 2. The van der Waals surface area contributed by atoms with Gasteiger partial charge in [-0.2, -0.15) is 0 Å². The van der Waals surface area contributed by atoms with Crippen molar-refractivity contribution in [3.05, 3.63) is 65.7 Å². The quantitative estimate of drug-likeness (QED) is 0.830. The highest BCUT2D eigenvalue weighted by Gasteiger charge is 2.23. The lowest BCUT2D eigenvalue weighted by atomic mass is 9.95. The first kappa shape index (κ1) is 14.2. The third kappa shape index (κ3) is 3.27. The molecular weight excluding hydrogens is 258 g/mol. The predicted octanol–water partition coefficient (Wildman–Crippen LogP) is 4.27. The van der Waals surface area contributed by atoms with Crippen LogP contribution in [-0.4, -0.2) is 25.1 Å². The van der Waals surface area contributed by atoms with Crippen LogP contribution in [0.4, 0.5) is 0 Å². The van der Waals surface area contributed by atoms with E-state index in [1.54, 1.807) is 7.11 Å². The second-order valence-corrected chi connectivity index (χ2v) is 5.68. The number of methoxy groups -OCH3 is 1. The molecule has 0 radical (unpaired) electrons. The molecule has 1 atom stereocenters. The molecule has 0 saturated carbocycles. The summed E-state index contributed by atoms with van der Waals surface area (Å²) in [5.41, 5.74) is 2.73. The normalized spacial score (nSPS) is 17.4. The maximum atomic E-state index is 5.29. The number of ether oxygens (including phenoxy) is 1. The standard InChI is InChI=1S/C19H23NO/c1-21-18-12-10-17(11-13-18)19(16-8-4-2-5-9-16)20-14-6-3-7-15-20/h2,4-5,8-13,19H,3,6-7,14-15H2,1H3. The Morgan fingerprint density at radius 1 is 0.810 bits per heavy atom.